The van der Waals surface area contributed by atoms with Gasteiger partial charge < -0.3 is 14.4 Å². The average Bonchev–Trinajstić information content (AvgIpc) is 2.51. The van der Waals surface area contributed by atoms with Gasteiger partial charge in [0.25, 0.3) is 0 Å². The molecule has 0 aromatic heterocycles. The number of esters is 1. The molecule has 4 nitrogen and oxygen atoms in total. The maximum absolute atomic E-state index is 11.9. The van der Waals surface area contributed by atoms with Crippen molar-refractivity contribution in [2.75, 3.05) is 20.3 Å². The van der Waals surface area contributed by atoms with Crippen LogP contribution >= 0.6 is 15.9 Å². The summed E-state index contributed by atoms with van der Waals surface area (Å²) in [5.41, 5.74) is 2.75. The normalized spacial score (nSPS) is 23.6. The van der Waals surface area contributed by atoms with Crippen LogP contribution in [-0.2, 0) is 14.3 Å². The molecule has 0 radical (unpaired) electrons. The van der Waals surface area contributed by atoms with Crippen molar-refractivity contribution in [3.05, 3.63) is 35.7 Å². The van der Waals surface area contributed by atoms with E-state index in [9.17, 15) is 4.79 Å². The summed E-state index contributed by atoms with van der Waals surface area (Å²) in [5.74, 6) is -0.287. The number of alkyl halides is 1. The Hall–Kier alpha value is -1.07. The molecule has 5 heteroatoms. The Bertz CT molecular complexity index is 478. The first kappa shape index (κ1) is 16.3. The van der Waals surface area contributed by atoms with Crippen LogP contribution in [0, 0.1) is 0 Å². The van der Waals surface area contributed by atoms with Gasteiger partial charge in [-0.15, -0.1) is 0 Å². The van der Waals surface area contributed by atoms with Crippen molar-refractivity contribution in [3.63, 3.8) is 0 Å². The summed E-state index contributed by atoms with van der Waals surface area (Å²) in [6.07, 6.45) is 6.60. The Morgan fingerprint density at radius 3 is 2.76 bits per heavy atom. The summed E-state index contributed by atoms with van der Waals surface area (Å²) in [4.78, 5) is 14.3. The molecule has 1 aliphatic carbocycles. The lowest BCUT2D eigenvalue weighted by molar-refractivity contribution is -0.135. The van der Waals surface area contributed by atoms with Crippen LogP contribution in [0.15, 0.2) is 35.7 Å². The molecule has 1 unspecified atom stereocenters. The first-order valence-corrected chi connectivity index (χ1v) is 8.13. The Balaban J connectivity index is 2.31. The van der Waals surface area contributed by atoms with E-state index < -0.39 is 0 Å². The molecule has 0 spiro atoms. The minimum atomic E-state index is -0.287. The molecular weight excluding hydrogens is 334 g/mol. The van der Waals surface area contributed by atoms with Gasteiger partial charge in [-0.05, 0) is 31.5 Å². The van der Waals surface area contributed by atoms with Crippen LogP contribution in [0.1, 0.15) is 26.2 Å². The second-order valence-corrected chi connectivity index (χ2v) is 6.47. The van der Waals surface area contributed by atoms with E-state index in [0.29, 0.717) is 11.6 Å². The number of allylic oxidation sites excluding steroid dienone is 2. The molecule has 0 aromatic rings. The van der Waals surface area contributed by atoms with Crippen molar-refractivity contribution in [3.8, 4) is 0 Å². The number of nitrogens with zero attached hydrogens (tertiary/aromatic N) is 1. The van der Waals surface area contributed by atoms with Gasteiger partial charge in [-0.1, -0.05) is 28.6 Å². The topological polar surface area (TPSA) is 38.8 Å². The third-order valence-corrected chi connectivity index (χ3v) is 4.66. The van der Waals surface area contributed by atoms with E-state index in [1.807, 2.05) is 19.2 Å². The lowest BCUT2D eigenvalue weighted by Crippen LogP contribution is -2.37. The third-order valence-electron chi connectivity index (χ3n) is 4.07. The molecule has 0 bridgehead atoms. The molecule has 1 atom stereocenters. The Labute approximate surface area is 134 Å². The number of carbonyl (C=O) groups excluding carboxylic acids is 1. The fraction of sp³-hybridized carbons (Fsp3) is 0.562. The van der Waals surface area contributed by atoms with E-state index in [4.69, 9.17) is 9.47 Å². The zero-order valence-electron chi connectivity index (χ0n) is 12.6. The van der Waals surface area contributed by atoms with Crippen LogP contribution in [0.25, 0.3) is 0 Å². The van der Waals surface area contributed by atoms with Crippen LogP contribution in [0.2, 0.25) is 0 Å². The first-order chi connectivity index (χ1) is 10.1. The van der Waals surface area contributed by atoms with E-state index in [1.54, 1.807) is 0 Å². The maximum atomic E-state index is 11.9. The zero-order chi connectivity index (χ0) is 15.4. The summed E-state index contributed by atoms with van der Waals surface area (Å²) in [7, 11) is 1.41. The smallest absolute Gasteiger partial charge is 0.337 e. The molecule has 1 saturated heterocycles. The Morgan fingerprint density at radius 2 is 2.19 bits per heavy atom. The number of carbonyl (C=O) groups is 1. The van der Waals surface area contributed by atoms with Gasteiger partial charge in [0.05, 0.1) is 12.7 Å². The van der Waals surface area contributed by atoms with Gasteiger partial charge in [0.2, 0.25) is 0 Å². The zero-order valence-corrected chi connectivity index (χ0v) is 14.2. The van der Waals surface area contributed by atoms with E-state index in [-0.39, 0.29) is 10.8 Å². The summed E-state index contributed by atoms with van der Waals surface area (Å²) < 4.78 is 10.3. The van der Waals surface area contributed by atoms with Crippen LogP contribution in [0.5, 0.6) is 0 Å². The molecule has 0 aromatic carbocycles. The summed E-state index contributed by atoms with van der Waals surface area (Å²) in [5, 5.41) is 0. The predicted octanol–water partition coefficient (Wildman–Crippen LogP) is 3.15. The SMILES string of the molecule is C=CN(C1=C(C)C(C(=O)OC)=CC(Br)C1)C1CCOCC1. The average molecular weight is 356 g/mol. The second-order valence-electron chi connectivity index (χ2n) is 5.30. The van der Waals surface area contributed by atoms with E-state index in [2.05, 4.69) is 27.4 Å². The second kappa shape index (κ2) is 7.27. The lowest BCUT2D eigenvalue weighted by atomic mass is 9.93. The predicted molar refractivity (Wildman–Crippen MR) is 86.0 cm³/mol. The van der Waals surface area contributed by atoms with Crippen molar-refractivity contribution in [1.29, 1.82) is 0 Å². The molecule has 2 aliphatic rings. The number of hydrogen-bond acceptors (Lipinski definition) is 4. The molecular formula is C16H22BrNO3. The van der Waals surface area contributed by atoms with Gasteiger partial charge >= 0.3 is 5.97 Å². The van der Waals surface area contributed by atoms with Crippen molar-refractivity contribution >= 4 is 21.9 Å². The van der Waals surface area contributed by atoms with Crippen molar-refractivity contribution in [2.45, 2.75) is 37.1 Å². The van der Waals surface area contributed by atoms with Crippen molar-refractivity contribution < 1.29 is 14.3 Å². The third kappa shape index (κ3) is 3.58. The number of halogens is 1. The van der Waals surface area contributed by atoms with Crippen LogP contribution < -0.4 is 0 Å². The number of hydrogen-bond donors (Lipinski definition) is 0. The van der Waals surface area contributed by atoms with Gasteiger partial charge in [-0.3, -0.25) is 0 Å². The summed E-state index contributed by atoms with van der Waals surface area (Å²) >= 11 is 3.61. The number of rotatable bonds is 4. The maximum Gasteiger partial charge on any atom is 0.337 e. The highest BCUT2D eigenvalue weighted by Crippen LogP contribution is 2.34. The Kier molecular flexibility index (Phi) is 5.65. The van der Waals surface area contributed by atoms with Gasteiger partial charge in [-0.25, -0.2) is 4.79 Å². The monoisotopic (exact) mass is 355 g/mol. The molecule has 21 heavy (non-hydrogen) atoms. The van der Waals surface area contributed by atoms with E-state index in [0.717, 1.165) is 43.7 Å². The van der Waals surface area contributed by atoms with Crippen LogP contribution in [0.4, 0.5) is 0 Å². The van der Waals surface area contributed by atoms with Crippen molar-refractivity contribution in [1.82, 2.24) is 4.90 Å². The van der Waals surface area contributed by atoms with E-state index >= 15 is 0 Å². The minimum absolute atomic E-state index is 0.132. The lowest BCUT2D eigenvalue weighted by Gasteiger charge is -2.38. The van der Waals surface area contributed by atoms with Crippen LogP contribution in [-0.4, -0.2) is 42.1 Å². The van der Waals surface area contributed by atoms with Crippen LogP contribution in [0.3, 0.4) is 0 Å². The highest BCUT2D eigenvalue weighted by molar-refractivity contribution is 9.09. The van der Waals surface area contributed by atoms with Gasteiger partial charge in [0.1, 0.15) is 0 Å². The molecule has 1 fully saturated rings. The van der Waals surface area contributed by atoms with Crippen molar-refractivity contribution in [2.24, 2.45) is 0 Å². The van der Waals surface area contributed by atoms with Gasteiger partial charge in [0, 0.05) is 36.2 Å². The fourth-order valence-corrected chi connectivity index (χ4v) is 3.50. The molecule has 116 valence electrons. The fourth-order valence-electron chi connectivity index (χ4n) is 2.93. The largest absolute Gasteiger partial charge is 0.465 e. The number of ether oxygens (including phenoxy) is 2. The molecule has 2 rings (SSSR count). The Morgan fingerprint density at radius 1 is 1.52 bits per heavy atom. The minimum Gasteiger partial charge on any atom is -0.465 e. The standard InChI is InChI=1S/C16H22BrNO3/c1-4-18(13-5-7-21-8-6-13)15-10-12(17)9-14(11(15)2)16(19)20-3/h4,9,12-13H,1,5-8,10H2,2-3H3. The van der Waals surface area contributed by atoms with Gasteiger partial charge in [-0.2, -0.15) is 0 Å². The number of methoxy groups -OCH3 is 1. The van der Waals surface area contributed by atoms with Gasteiger partial charge in [0.15, 0.2) is 0 Å². The van der Waals surface area contributed by atoms with E-state index in [1.165, 1.54) is 7.11 Å². The molecule has 0 N–H and O–H groups in total. The highest BCUT2D eigenvalue weighted by atomic mass is 79.9. The molecule has 1 heterocycles. The summed E-state index contributed by atoms with van der Waals surface area (Å²) in [6.45, 7) is 7.49. The quantitative estimate of drug-likeness (QED) is 0.573. The molecule has 1 aliphatic heterocycles. The molecule has 0 saturated carbocycles. The first-order valence-electron chi connectivity index (χ1n) is 7.21. The highest BCUT2D eigenvalue weighted by Gasteiger charge is 2.29. The summed E-state index contributed by atoms with van der Waals surface area (Å²) in [6, 6.07) is 0.387. The molecule has 0 amide bonds.